The molecule has 0 unspecified atom stereocenters. The number of carbonyl (C=O) groups is 3. The SMILES string of the molecule is O=C(C[C@H](NC(=O)c1cnc2ccccc2c1)C(=O)O)OCc1ccccc1. The van der Waals surface area contributed by atoms with E-state index in [4.69, 9.17) is 4.74 Å². The van der Waals surface area contributed by atoms with Crippen LogP contribution in [-0.2, 0) is 20.9 Å². The van der Waals surface area contributed by atoms with E-state index in [-0.39, 0.29) is 12.2 Å². The highest BCUT2D eigenvalue weighted by Crippen LogP contribution is 2.13. The van der Waals surface area contributed by atoms with Crippen LogP contribution in [0.15, 0.2) is 66.9 Å². The number of para-hydroxylation sites is 1. The first-order valence-corrected chi connectivity index (χ1v) is 8.61. The summed E-state index contributed by atoms with van der Waals surface area (Å²) < 4.78 is 5.09. The number of rotatable bonds is 7. The second-order valence-electron chi connectivity index (χ2n) is 6.13. The molecule has 2 aromatic carbocycles. The minimum atomic E-state index is -1.40. The van der Waals surface area contributed by atoms with Gasteiger partial charge in [0, 0.05) is 11.6 Å². The molecule has 0 radical (unpaired) electrons. The summed E-state index contributed by atoms with van der Waals surface area (Å²) in [6.07, 6.45) is 0.888. The fourth-order valence-electron chi connectivity index (χ4n) is 2.60. The van der Waals surface area contributed by atoms with Crippen molar-refractivity contribution in [3.05, 3.63) is 78.0 Å². The minimum Gasteiger partial charge on any atom is -0.480 e. The van der Waals surface area contributed by atoms with Gasteiger partial charge in [0.25, 0.3) is 5.91 Å². The first-order valence-electron chi connectivity index (χ1n) is 8.61. The summed E-state index contributed by atoms with van der Waals surface area (Å²) in [5.41, 5.74) is 1.72. The molecule has 0 aliphatic carbocycles. The van der Waals surface area contributed by atoms with Crippen molar-refractivity contribution in [1.29, 1.82) is 0 Å². The van der Waals surface area contributed by atoms with Crippen LogP contribution >= 0.6 is 0 Å². The van der Waals surface area contributed by atoms with Gasteiger partial charge in [-0.3, -0.25) is 14.6 Å². The molecule has 0 saturated heterocycles. The molecule has 0 aliphatic rings. The van der Waals surface area contributed by atoms with Gasteiger partial charge >= 0.3 is 11.9 Å². The number of hydrogen-bond donors (Lipinski definition) is 2. The number of hydrogen-bond acceptors (Lipinski definition) is 5. The summed E-state index contributed by atoms with van der Waals surface area (Å²) in [5, 5.41) is 12.4. The van der Waals surface area contributed by atoms with Gasteiger partial charge in [0.2, 0.25) is 0 Å². The molecule has 1 atom stereocenters. The summed E-state index contributed by atoms with van der Waals surface area (Å²) in [7, 11) is 0. The van der Waals surface area contributed by atoms with Crippen LogP contribution in [0.3, 0.4) is 0 Å². The average molecular weight is 378 g/mol. The van der Waals surface area contributed by atoms with Gasteiger partial charge in [-0.25, -0.2) is 4.79 Å². The third kappa shape index (κ3) is 4.91. The number of esters is 1. The summed E-state index contributed by atoms with van der Waals surface area (Å²) in [6, 6.07) is 16.5. The maximum absolute atomic E-state index is 12.4. The Morgan fingerprint density at radius 2 is 1.75 bits per heavy atom. The van der Waals surface area contributed by atoms with Crippen molar-refractivity contribution in [2.75, 3.05) is 0 Å². The van der Waals surface area contributed by atoms with Crippen LogP contribution in [0.25, 0.3) is 10.9 Å². The Hall–Kier alpha value is -3.74. The molecule has 7 nitrogen and oxygen atoms in total. The molecule has 2 N–H and O–H groups in total. The van der Waals surface area contributed by atoms with E-state index in [9.17, 15) is 19.5 Å². The van der Waals surface area contributed by atoms with E-state index in [0.29, 0.717) is 0 Å². The second kappa shape index (κ2) is 8.77. The number of nitrogens with one attached hydrogen (secondary N) is 1. The van der Waals surface area contributed by atoms with Crippen LogP contribution in [0.2, 0.25) is 0 Å². The highest BCUT2D eigenvalue weighted by Gasteiger charge is 2.25. The van der Waals surface area contributed by atoms with Gasteiger partial charge in [-0.1, -0.05) is 48.5 Å². The molecule has 142 valence electrons. The van der Waals surface area contributed by atoms with Crippen molar-refractivity contribution in [2.24, 2.45) is 0 Å². The molecule has 3 rings (SSSR count). The van der Waals surface area contributed by atoms with E-state index in [1.807, 2.05) is 18.2 Å². The van der Waals surface area contributed by atoms with Crippen molar-refractivity contribution in [3.63, 3.8) is 0 Å². The van der Waals surface area contributed by atoms with Crippen LogP contribution in [0.5, 0.6) is 0 Å². The number of carboxylic acid groups (broad SMARTS) is 1. The number of ether oxygens (including phenoxy) is 1. The number of pyridine rings is 1. The van der Waals surface area contributed by atoms with Gasteiger partial charge in [0.05, 0.1) is 17.5 Å². The molecule has 1 aromatic heterocycles. The van der Waals surface area contributed by atoms with Crippen LogP contribution in [0.4, 0.5) is 0 Å². The van der Waals surface area contributed by atoms with Crippen LogP contribution in [0.1, 0.15) is 22.3 Å². The maximum Gasteiger partial charge on any atom is 0.326 e. The zero-order valence-electron chi connectivity index (χ0n) is 14.9. The smallest absolute Gasteiger partial charge is 0.326 e. The molecule has 0 aliphatic heterocycles. The van der Waals surface area contributed by atoms with E-state index >= 15 is 0 Å². The van der Waals surface area contributed by atoms with E-state index in [1.54, 1.807) is 42.5 Å². The van der Waals surface area contributed by atoms with E-state index in [1.165, 1.54) is 6.20 Å². The standard InChI is InChI=1S/C21H18N2O5/c24-19(28-13-14-6-2-1-3-7-14)11-18(21(26)27)23-20(25)16-10-15-8-4-5-9-17(15)22-12-16/h1-10,12,18H,11,13H2,(H,23,25)(H,26,27)/t18-/m0/s1. The van der Waals surface area contributed by atoms with E-state index < -0.39 is 30.3 Å². The molecule has 0 bridgehead atoms. The van der Waals surface area contributed by atoms with Gasteiger partial charge in [0.15, 0.2) is 0 Å². The Balaban J connectivity index is 1.62. The zero-order valence-corrected chi connectivity index (χ0v) is 14.9. The van der Waals surface area contributed by atoms with Crippen molar-refractivity contribution in [1.82, 2.24) is 10.3 Å². The van der Waals surface area contributed by atoms with Crippen molar-refractivity contribution >= 4 is 28.7 Å². The minimum absolute atomic E-state index is 0.0363. The number of fused-ring (bicyclic) bond motifs is 1. The van der Waals surface area contributed by atoms with Gasteiger partial charge in [-0.15, -0.1) is 0 Å². The molecule has 28 heavy (non-hydrogen) atoms. The molecule has 0 fully saturated rings. The lowest BCUT2D eigenvalue weighted by Crippen LogP contribution is -2.42. The third-order valence-corrected chi connectivity index (χ3v) is 4.07. The van der Waals surface area contributed by atoms with Gasteiger partial charge < -0.3 is 15.2 Å². The highest BCUT2D eigenvalue weighted by atomic mass is 16.5. The number of aliphatic carboxylic acids is 1. The fraction of sp³-hybridized carbons (Fsp3) is 0.143. The largest absolute Gasteiger partial charge is 0.480 e. The number of benzene rings is 2. The summed E-state index contributed by atoms with van der Waals surface area (Å²) >= 11 is 0. The van der Waals surface area contributed by atoms with Gasteiger partial charge in [-0.05, 0) is 17.7 Å². The molecule has 0 spiro atoms. The van der Waals surface area contributed by atoms with Crippen molar-refractivity contribution in [2.45, 2.75) is 19.1 Å². The van der Waals surface area contributed by atoms with Crippen LogP contribution < -0.4 is 5.32 Å². The quantitative estimate of drug-likeness (QED) is 0.612. The number of aromatic nitrogens is 1. The molecule has 3 aromatic rings. The Kier molecular flexibility index (Phi) is 5.96. The fourth-order valence-corrected chi connectivity index (χ4v) is 2.60. The lowest BCUT2D eigenvalue weighted by Gasteiger charge is -2.14. The Labute approximate surface area is 161 Å². The predicted octanol–water partition coefficient (Wildman–Crippen LogP) is 2.55. The molecule has 1 amide bonds. The Bertz CT molecular complexity index is 1000. The number of carbonyl (C=O) groups excluding carboxylic acids is 2. The molecular formula is C21H18N2O5. The van der Waals surface area contributed by atoms with Gasteiger partial charge in [0.1, 0.15) is 12.6 Å². The van der Waals surface area contributed by atoms with E-state index in [2.05, 4.69) is 10.3 Å². The lowest BCUT2D eigenvalue weighted by atomic mass is 10.1. The number of nitrogens with zero attached hydrogens (tertiary/aromatic N) is 1. The summed E-state index contributed by atoms with van der Waals surface area (Å²) in [5.74, 6) is -2.66. The topological polar surface area (TPSA) is 106 Å². The van der Waals surface area contributed by atoms with Crippen LogP contribution in [-0.4, -0.2) is 34.0 Å². The molecule has 1 heterocycles. The van der Waals surface area contributed by atoms with Gasteiger partial charge in [-0.2, -0.15) is 0 Å². The average Bonchev–Trinajstić information content (AvgIpc) is 2.72. The Morgan fingerprint density at radius 1 is 1.04 bits per heavy atom. The summed E-state index contributed by atoms with van der Waals surface area (Å²) in [4.78, 5) is 40.0. The van der Waals surface area contributed by atoms with Crippen molar-refractivity contribution < 1.29 is 24.2 Å². The second-order valence-corrected chi connectivity index (χ2v) is 6.13. The lowest BCUT2D eigenvalue weighted by molar-refractivity contribution is -0.150. The monoisotopic (exact) mass is 378 g/mol. The van der Waals surface area contributed by atoms with Crippen LogP contribution in [0, 0.1) is 0 Å². The normalized spacial score (nSPS) is 11.6. The van der Waals surface area contributed by atoms with E-state index in [0.717, 1.165) is 16.5 Å². The third-order valence-electron chi connectivity index (χ3n) is 4.07. The molecular weight excluding hydrogens is 360 g/mol. The zero-order chi connectivity index (χ0) is 19.9. The maximum atomic E-state index is 12.4. The highest BCUT2D eigenvalue weighted by molar-refractivity contribution is 5.99. The first-order chi connectivity index (χ1) is 13.5. The molecule has 7 heteroatoms. The molecule has 0 saturated carbocycles. The number of carboxylic acids is 1. The Morgan fingerprint density at radius 3 is 2.50 bits per heavy atom. The number of amides is 1. The summed E-state index contributed by atoms with van der Waals surface area (Å²) in [6.45, 7) is 0.0363. The van der Waals surface area contributed by atoms with Crippen molar-refractivity contribution in [3.8, 4) is 0 Å². The predicted molar refractivity (Wildman–Crippen MR) is 101 cm³/mol. The first kappa shape index (κ1) is 19.0.